The highest BCUT2D eigenvalue weighted by atomic mass is 15.1. The summed E-state index contributed by atoms with van der Waals surface area (Å²) in [5.74, 6) is 0. The highest BCUT2D eigenvalue weighted by Crippen LogP contribution is 2.23. The second kappa shape index (κ2) is 5.80. The molecule has 106 valence electrons. The van der Waals surface area contributed by atoms with Gasteiger partial charge in [-0.3, -0.25) is 0 Å². The number of benzene rings is 1. The zero-order valence-corrected chi connectivity index (χ0v) is 12.4. The van der Waals surface area contributed by atoms with Gasteiger partial charge in [-0.15, -0.1) is 0 Å². The lowest BCUT2D eigenvalue weighted by Gasteiger charge is -2.14. The van der Waals surface area contributed by atoms with E-state index in [4.69, 9.17) is 0 Å². The van der Waals surface area contributed by atoms with Crippen molar-refractivity contribution in [1.82, 2.24) is 14.9 Å². The Morgan fingerprint density at radius 2 is 1.90 bits per heavy atom. The van der Waals surface area contributed by atoms with E-state index in [1.165, 1.54) is 35.5 Å². The van der Waals surface area contributed by atoms with Crippen LogP contribution in [0.5, 0.6) is 0 Å². The molecule has 3 rings (SSSR count). The van der Waals surface area contributed by atoms with Crippen molar-refractivity contribution in [2.45, 2.75) is 52.1 Å². The fraction of sp³-hybridized carbons (Fsp3) is 0.471. The third-order valence-electron chi connectivity index (χ3n) is 3.96. The number of hydrogen-bond acceptors (Lipinski definition) is 2. The maximum Gasteiger partial charge on any atom is 0.0997 e. The zero-order valence-electron chi connectivity index (χ0n) is 12.4. The molecular weight excluding hydrogens is 246 g/mol. The lowest BCUT2D eigenvalue weighted by molar-refractivity contribution is 0.589. The average molecular weight is 269 g/mol. The third-order valence-corrected chi connectivity index (χ3v) is 3.96. The van der Waals surface area contributed by atoms with Crippen LogP contribution in [0.2, 0.25) is 0 Å². The summed E-state index contributed by atoms with van der Waals surface area (Å²) in [5.41, 5.74) is 5.26. The van der Waals surface area contributed by atoms with Gasteiger partial charge in [-0.25, -0.2) is 4.98 Å². The lowest BCUT2D eigenvalue weighted by atomic mass is 10.0. The van der Waals surface area contributed by atoms with Crippen LogP contribution in [0.25, 0.3) is 5.69 Å². The molecule has 20 heavy (non-hydrogen) atoms. The molecule has 0 spiro atoms. The molecule has 0 saturated heterocycles. The first-order chi connectivity index (χ1) is 9.74. The minimum atomic E-state index is 0.523. The lowest BCUT2D eigenvalue weighted by Crippen LogP contribution is -2.21. The minimum Gasteiger partial charge on any atom is -0.310 e. The summed E-state index contributed by atoms with van der Waals surface area (Å²) in [4.78, 5) is 4.57. The smallest absolute Gasteiger partial charge is 0.0997 e. The predicted octanol–water partition coefficient (Wildman–Crippen LogP) is 3.25. The zero-order chi connectivity index (χ0) is 13.9. The SMILES string of the molecule is CC(C)NCc1ccc(-n2cnc3c2CCCC3)cc1. The van der Waals surface area contributed by atoms with Crippen molar-refractivity contribution in [3.63, 3.8) is 0 Å². The molecule has 0 saturated carbocycles. The van der Waals surface area contributed by atoms with Gasteiger partial charge in [0.05, 0.1) is 12.0 Å². The highest BCUT2D eigenvalue weighted by molar-refractivity contribution is 5.38. The van der Waals surface area contributed by atoms with E-state index in [1.54, 1.807) is 0 Å². The van der Waals surface area contributed by atoms with Crippen molar-refractivity contribution in [2.24, 2.45) is 0 Å². The van der Waals surface area contributed by atoms with Gasteiger partial charge in [-0.1, -0.05) is 26.0 Å². The monoisotopic (exact) mass is 269 g/mol. The number of nitrogens with zero attached hydrogens (tertiary/aromatic N) is 2. The fourth-order valence-corrected chi connectivity index (χ4v) is 2.79. The second-order valence-electron chi connectivity index (χ2n) is 5.92. The number of aromatic nitrogens is 2. The summed E-state index contributed by atoms with van der Waals surface area (Å²) in [7, 11) is 0. The van der Waals surface area contributed by atoms with E-state index >= 15 is 0 Å². The van der Waals surface area contributed by atoms with Gasteiger partial charge in [0, 0.05) is 24.0 Å². The van der Waals surface area contributed by atoms with Gasteiger partial charge in [0.15, 0.2) is 0 Å². The van der Waals surface area contributed by atoms with Crippen LogP contribution < -0.4 is 5.32 Å². The largest absolute Gasteiger partial charge is 0.310 e. The van der Waals surface area contributed by atoms with Crippen LogP contribution in [0.1, 0.15) is 43.6 Å². The molecule has 0 amide bonds. The fourth-order valence-electron chi connectivity index (χ4n) is 2.79. The van der Waals surface area contributed by atoms with E-state index in [2.05, 4.69) is 53.0 Å². The Kier molecular flexibility index (Phi) is 3.88. The highest BCUT2D eigenvalue weighted by Gasteiger charge is 2.15. The maximum absolute atomic E-state index is 4.57. The predicted molar refractivity (Wildman–Crippen MR) is 82.2 cm³/mol. The molecule has 0 radical (unpaired) electrons. The van der Waals surface area contributed by atoms with Crippen molar-refractivity contribution >= 4 is 0 Å². The Morgan fingerprint density at radius 1 is 1.15 bits per heavy atom. The summed E-state index contributed by atoms with van der Waals surface area (Å²) in [5, 5.41) is 3.45. The van der Waals surface area contributed by atoms with E-state index in [0.717, 1.165) is 19.4 Å². The van der Waals surface area contributed by atoms with Crippen LogP contribution in [0.15, 0.2) is 30.6 Å². The molecule has 2 aromatic rings. The average Bonchev–Trinajstić information content (AvgIpc) is 2.89. The van der Waals surface area contributed by atoms with Crippen LogP contribution in [0, 0.1) is 0 Å². The van der Waals surface area contributed by atoms with Gasteiger partial charge in [-0.05, 0) is 43.4 Å². The molecule has 1 aromatic carbocycles. The molecule has 1 aliphatic rings. The van der Waals surface area contributed by atoms with Crippen LogP contribution in [0.3, 0.4) is 0 Å². The molecule has 0 fully saturated rings. The first-order valence-corrected chi connectivity index (χ1v) is 7.62. The topological polar surface area (TPSA) is 29.9 Å². The Hall–Kier alpha value is -1.61. The third kappa shape index (κ3) is 2.78. The minimum absolute atomic E-state index is 0.523. The molecule has 1 aliphatic carbocycles. The molecule has 0 aliphatic heterocycles. The molecule has 1 N–H and O–H groups in total. The van der Waals surface area contributed by atoms with Crippen molar-refractivity contribution < 1.29 is 0 Å². The number of fused-ring (bicyclic) bond motifs is 1. The van der Waals surface area contributed by atoms with Gasteiger partial charge in [0.25, 0.3) is 0 Å². The van der Waals surface area contributed by atoms with E-state index in [0.29, 0.717) is 6.04 Å². The molecular formula is C17H23N3. The number of aryl methyl sites for hydroxylation is 1. The first-order valence-electron chi connectivity index (χ1n) is 7.62. The van der Waals surface area contributed by atoms with Crippen LogP contribution >= 0.6 is 0 Å². The first kappa shape index (κ1) is 13.4. The van der Waals surface area contributed by atoms with Gasteiger partial charge < -0.3 is 9.88 Å². The number of nitrogens with one attached hydrogen (secondary N) is 1. The molecule has 0 bridgehead atoms. The van der Waals surface area contributed by atoms with Crippen molar-refractivity contribution in [3.05, 3.63) is 47.5 Å². The maximum atomic E-state index is 4.57. The van der Waals surface area contributed by atoms with E-state index in [1.807, 2.05) is 6.33 Å². The standard InChI is InChI=1S/C17H23N3/c1-13(2)18-11-14-7-9-15(10-8-14)20-12-19-16-5-3-4-6-17(16)20/h7-10,12-13,18H,3-6,11H2,1-2H3. The number of imidazole rings is 1. The van der Waals surface area contributed by atoms with Gasteiger partial charge in [0.1, 0.15) is 0 Å². The molecule has 0 unspecified atom stereocenters. The summed E-state index contributed by atoms with van der Waals surface area (Å²) in [6.45, 7) is 5.28. The molecule has 1 heterocycles. The Labute approximate surface area is 121 Å². The Balaban J connectivity index is 1.79. The summed E-state index contributed by atoms with van der Waals surface area (Å²) >= 11 is 0. The quantitative estimate of drug-likeness (QED) is 0.923. The summed E-state index contributed by atoms with van der Waals surface area (Å²) in [6.07, 6.45) is 6.85. The molecule has 3 nitrogen and oxygen atoms in total. The van der Waals surface area contributed by atoms with Crippen LogP contribution in [-0.4, -0.2) is 15.6 Å². The summed E-state index contributed by atoms with van der Waals surface area (Å²) < 4.78 is 2.26. The van der Waals surface area contributed by atoms with Crippen LogP contribution in [-0.2, 0) is 19.4 Å². The number of rotatable bonds is 4. The van der Waals surface area contributed by atoms with E-state index in [-0.39, 0.29) is 0 Å². The van der Waals surface area contributed by atoms with E-state index in [9.17, 15) is 0 Å². The molecule has 1 aromatic heterocycles. The normalized spacial score (nSPS) is 14.6. The second-order valence-corrected chi connectivity index (χ2v) is 5.92. The van der Waals surface area contributed by atoms with Crippen molar-refractivity contribution in [2.75, 3.05) is 0 Å². The van der Waals surface area contributed by atoms with Gasteiger partial charge >= 0.3 is 0 Å². The Bertz CT molecular complexity index is 566. The Morgan fingerprint density at radius 3 is 2.65 bits per heavy atom. The van der Waals surface area contributed by atoms with Gasteiger partial charge in [0.2, 0.25) is 0 Å². The van der Waals surface area contributed by atoms with Gasteiger partial charge in [-0.2, -0.15) is 0 Å². The number of hydrogen-bond donors (Lipinski definition) is 1. The molecule has 3 heteroatoms. The molecule has 0 atom stereocenters. The van der Waals surface area contributed by atoms with Crippen molar-refractivity contribution in [1.29, 1.82) is 0 Å². The van der Waals surface area contributed by atoms with E-state index < -0.39 is 0 Å². The van der Waals surface area contributed by atoms with Crippen LogP contribution in [0.4, 0.5) is 0 Å². The summed E-state index contributed by atoms with van der Waals surface area (Å²) in [6, 6.07) is 9.34. The van der Waals surface area contributed by atoms with Crippen molar-refractivity contribution in [3.8, 4) is 5.69 Å².